The minimum Gasteiger partial charge on any atom is -0.255 e. The average Bonchev–Trinajstić information content (AvgIpc) is 2.68. The van der Waals surface area contributed by atoms with Crippen LogP contribution in [-0.2, 0) is 0 Å². The Bertz CT molecular complexity index is 808. The van der Waals surface area contributed by atoms with Gasteiger partial charge in [0.1, 0.15) is 5.82 Å². The molecule has 0 unspecified atom stereocenters. The predicted molar refractivity (Wildman–Crippen MR) is 106 cm³/mol. The summed E-state index contributed by atoms with van der Waals surface area (Å²) in [6.45, 7) is 3.80. The van der Waals surface area contributed by atoms with Crippen LogP contribution in [-0.4, -0.2) is 4.98 Å². The number of halogens is 2. The summed E-state index contributed by atoms with van der Waals surface area (Å²) in [6, 6.07) is 8.54. The number of rotatable bonds is 4. The highest BCUT2D eigenvalue weighted by Gasteiger charge is 2.19. The second kappa shape index (κ2) is 9.01. The summed E-state index contributed by atoms with van der Waals surface area (Å²) in [5, 5.41) is 0.121. The number of nitrogens with zero attached hydrogens (tertiary/aromatic N) is 1. The van der Waals surface area contributed by atoms with E-state index in [1.54, 1.807) is 18.3 Å². The van der Waals surface area contributed by atoms with Crippen molar-refractivity contribution in [3.05, 3.63) is 65.6 Å². The number of hydrogen-bond donors (Lipinski definition) is 0. The third-order valence-electron chi connectivity index (χ3n) is 5.03. The molecule has 1 aromatic carbocycles. The maximum Gasteiger partial charge on any atom is 0.142 e. The Balaban J connectivity index is 1.59. The fraction of sp³-hybridized carbons (Fsp3) is 0.348. The van der Waals surface area contributed by atoms with Crippen molar-refractivity contribution in [1.82, 2.24) is 4.98 Å². The van der Waals surface area contributed by atoms with Crippen molar-refractivity contribution in [3.8, 4) is 23.1 Å². The Morgan fingerprint density at radius 1 is 1.19 bits per heavy atom. The lowest BCUT2D eigenvalue weighted by molar-refractivity contribution is 0.303. The van der Waals surface area contributed by atoms with Gasteiger partial charge in [-0.05, 0) is 68.7 Å². The van der Waals surface area contributed by atoms with Gasteiger partial charge >= 0.3 is 0 Å². The third kappa shape index (κ3) is 4.96. The lowest BCUT2D eigenvalue weighted by Crippen LogP contribution is -2.13. The first-order valence-corrected chi connectivity index (χ1v) is 9.57. The molecular weight excluding hydrogens is 345 g/mol. The van der Waals surface area contributed by atoms with Crippen LogP contribution in [0.25, 0.3) is 11.3 Å². The van der Waals surface area contributed by atoms with Crippen molar-refractivity contribution in [2.24, 2.45) is 11.8 Å². The molecule has 1 aliphatic rings. The molecule has 1 aromatic heterocycles. The van der Waals surface area contributed by atoms with Crippen molar-refractivity contribution in [1.29, 1.82) is 0 Å². The van der Waals surface area contributed by atoms with Crippen LogP contribution in [0.15, 0.2) is 49.2 Å². The van der Waals surface area contributed by atoms with Crippen LogP contribution < -0.4 is 0 Å². The molecule has 1 nitrogen and oxygen atoms in total. The fourth-order valence-corrected chi connectivity index (χ4v) is 3.55. The number of pyridine rings is 1. The summed E-state index contributed by atoms with van der Waals surface area (Å²) in [7, 11) is 0. The van der Waals surface area contributed by atoms with Crippen molar-refractivity contribution in [2.75, 3.05) is 0 Å². The van der Waals surface area contributed by atoms with Gasteiger partial charge in [0.25, 0.3) is 0 Å². The molecule has 0 amide bonds. The topological polar surface area (TPSA) is 12.9 Å². The molecule has 1 saturated carbocycles. The molecule has 134 valence electrons. The van der Waals surface area contributed by atoms with Crippen LogP contribution in [0.3, 0.4) is 0 Å². The predicted octanol–water partition coefficient (Wildman–Crippen LogP) is 6.67. The smallest absolute Gasteiger partial charge is 0.142 e. The number of benzene rings is 1. The van der Waals surface area contributed by atoms with Crippen molar-refractivity contribution < 1.29 is 4.39 Å². The third-order valence-corrected chi connectivity index (χ3v) is 5.33. The van der Waals surface area contributed by atoms with Crippen LogP contribution >= 0.6 is 11.6 Å². The maximum atomic E-state index is 13.6. The molecule has 0 saturated heterocycles. The molecule has 26 heavy (non-hydrogen) atoms. The summed E-state index contributed by atoms with van der Waals surface area (Å²) in [5.74, 6) is 7.54. The first-order valence-electron chi connectivity index (χ1n) is 9.19. The Kier molecular flexibility index (Phi) is 6.47. The van der Waals surface area contributed by atoms with E-state index >= 15 is 0 Å². The van der Waals surface area contributed by atoms with E-state index in [1.807, 2.05) is 18.2 Å². The summed E-state index contributed by atoms with van der Waals surface area (Å²) in [5.41, 5.74) is 2.33. The summed E-state index contributed by atoms with van der Waals surface area (Å²) >= 11 is 5.72. The van der Waals surface area contributed by atoms with E-state index < -0.39 is 5.82 Å². The molecule has 1 fully saturated rings. The fourth-order valence-electron chi connectivity index (χ4n) is 3.43. The number of allylic oxidation sites excluding steroid dienone is 1. The lowest BCUT2D eigenvalue weighted by Gasteiger charge is -2.25. The van der Waals surface area contributed by atoms with Crippen LogP contribution in [0.2, 0.25) is 5.02 Å². The van der Waals surface area contributed by atoms with E-state index in [2.05, 4.69) is 23.4 Å². The molecule has 0 bridgehead atoms. The van der Waals surface area contributed by atoms with Gasteiger partial charge in [0.2, 0.25) is 0 Å². The summed E-state index contributed by atoms with van der Waals surface area (Å²) in [6.07, 6.45) is 11.1. The maximum absolute atomic E-state index is 13.6. The Labute approximate surface area is 160 Å². The lowest BCUT2D eigenvalue weighted by atomic mass is 9.80. The minimum atomic E-state index is -0.432. The molecular formula is C23H23ClFN. The highest BCUT2D eigenvalue weighted by molar-refractivity contribution is 6.30. The quantitative estimate of drug-likeness (QED) is 0.434. The van der Waals surface area contributed by atoms with E-state index in [1.165, 1.54) is 38.2 Å². The van der Waals surface area contributed by atoms with E-state index in [-0.39, 0.29) is 5.02 Å². The zero-order valence-electron chi connectivity index (χ0n) is 14.8. The average molecular weight is 368 g/mol. The summed E-state index contributed by atoms with van der Waals surface area (Å²) < 4.78 is 13.6. The van der Waals surface area contributed by atoms with Gasteiger partial charge in [-0.1, -0.05) is 35.6 Å². The minimum absolute atomic E-state index is 0.121. The number of hydrogen-bond acceptors (Lipinski definition) is 1. The Morgan fingerprint density at radius 3 is 2.65 bits per heavy atom. The molecule has 0 spiro atoms. The highest BCUT2D eigenvalue weighted by atomic mass is 35.5. The molecule has 0 atom stereocenters. The molecule has 2 aromatic rings. The highest BCUT2D eigenvalue weighted by Crippen LogP contribution is 2.31. The van der Waals surface area contributed by atoms with Crippen molar-refractivity contribution >= 4 is 11.6 Å². The summed E-state index contributed by atoms with van der Waals surface area (Å²) in [4.78, 5) is 4.41. The molecule has 0 radical (unpaired) electrons. The zero-order chi connectivity index (χ0) is 18.4. The van der Waals surface area contributed by atoms with Gasteiger partial charge < -0.3 is 0 Å². The van der Waals surface area contributed by atoms with E-state index in [0.717, 1.165) is 17.9 Å². The molecule has 1 heterocycles. The number of aromatic nitrogens is 1. The van der Waals surface area contributed by atoms with E-state index in [0.29, 0.717) is 17.2 Å². The standard InChI is InChI=1S/C23H23ClFN/c1-2-3-4-17-5-7-18(8-6-17)9-10-19-11-14-23(26-16-19)20-12-13-21(24)22(25)15-20/h2,11-18H,1,3-8H2. The molecule has 3 heteroatoms. The largest absolute Gasteiger partial charge is 0.255 e. The van der Waals surface area contributed by atoms with Gasteiger partial charge in [-0.25, -0.2) is 4.39 Å². The van der Waals surface area contributed by atoms with Crippen LogP contribution in [0.1, 0.15) is 44.1 Å². The van der Waals surface area contributed by atoms with Gasteiger partial charge in [0.05, 0.1) is 10.7 Å². The van der Waals surface area contributed by atoms with Gasteiger partial charge in [0.15, 0.2) is 0 Å². The first-order chi connectivity index (χ1) is 12.7. The Morgan fingerprint density at radius 2 is 2.00 bits per heavy atom. The van der Waals surface area contributed by atoms with Gasteiger partial charge in [-0.3, -0.25) is 4.98 Å². The second-order valence-corrected chi connectivity index (χ2v) is 7.32. The van der Waals surface area contributed by atoms with Crippen molar-refractivity contribution in [3.63, 3.8) is 0 Å². The van der Waals surface area contributed by atoms with Crippen LogP contribution in [0.4, 0.5) is 4.39 Å². The molecule has 0 aliphatic heterocycles. The van der Waals surface area contributed by atoms with Crippen LogP contribution in [0.5, 0.6) is 0 Å². The van der Waals surface area contributed by atoms with Crippen molar-refractivity contribution in [2.45, 2.75) is 38.5 Å². The molecule has 1 aliphatic carbocycles. The second-order valence-electron chi connectivity index (χ2n) is 6.91. The van der Waals surface area contributed by atoms with Gasteiger partial charge in [-0.2, -0.15) is 0 Å². The van der Waals surface area contributed by atoms with Crippen LogP contribution in [0, 0.1) is 29.5 Å². The Hall–Kier alpha value is -2.11. The van der Waals surface area contributed by atoms with Gasteiger partial charge in [0, 0.05) is 23.2 Å². The van der Waals surface area contributed by atoms with E-state index in [4.69, 9.17) is 11.6 Å². The normalized spacial score (nSPS) is 19.5. The van der Waals surface area contributed by atoms with Gasteiger partial charge in [-0.15, -0.1) is 6.58 Å². The molecule has 3 rings (SSSR count). The monoisotopic (exact) mass is 367 g/mol. The SMILES string of the molecule is C=CCCC1CCC(C#Cc2ccc(-c3ccc(Cl)c(F)c3)nc2)CC1. The zero-order valence-corrected chi connectivity index (χ0v) is 15.6. The molecule has 0 N–H and O–H groups in total. The first kappa shape index (κ1) is 18.7. The van der Waals surface area contributed by atoms with E-state index in [9.17, 15) is 4.39 Å².